The van der Waals surface area contributed by atoms with Crippen LogP contribution in [-0.4, -0.2) is 61.6 Å². The molecule has 3 aromatic heterocycles. The van der Waals surface area contributed by atoms with Gasteiger partial charge in [0.1, 0.15) is 17.3 Å². The molecule has 0 aliphatic carbocycles. The van der Waals surface area contributed by atoms with Crippen LogP contribution in [0.3, 0.4) is 0 Å². The molecule has 0 spiro atoms. The predicted molar refractivity (Wildman–Crippen MR) is 119 cm³/mol. The molecule has 1 N–H and O–H groups in total. The molecule has 0 aliphatic rings. The topological polar surface area (TPSA) is 107 Å². The largest absolute Gasteiger partial charge is 0.497 e. The highest BCUT2D eigenvalue weighted by molar-refractivity contribution is 6.10. The summed E-state index contributed by atoms with van der Waals surface area (Å²) in [6, 6.07) is 9.23. The smallest absolute Gasteiger partial charge is 0.275 e. The van der Waals surface area contributed by atoms with Gasteiger partial charge in [-0.3, -0.25) is 18.7 Å². The zero-order valence-electron chi connectivity index (χ0n) is 18.2. The summed E-state index contributed by atoms with van der Waals surface area (Å²) in [6.45, 7) is 2.37. The molecular formula is C22H23N7O3. The molecule has 2 amide bonds. The molecule has 0 saturated carbocycles. The molecule has 0 bridgehead atoms. The van der Waals surface area contributed by atoms with Crippen LogP contribution in [-0.2, 0) is 7.05 Å². The van der Waals surface area contributed by atoms with E-state index in [0.717, 1.165) is 17.0 Å². The zero-order chi connectivity index (χ0) is 22.8. The molecule has 4 rings (SSSR count). The van der Waals surface area contributed by atoms with Crippen LogP contribution in [0.15, 0.2) is 48.9 Å². The molecule has 1 aromatic carbocycles. The minimum atomic E-state index is -0.478. The highest BCUT2D eigenvalue weighted by Gasteiger charge is 2.24. The van der Waals surface area contributed by atoms with Crippen LogP contribution in [0, 0.1) is 0 Å². The second-order valence-corrected chi connectivity index (χ2v) is 7.18. The molecule has 0 atom stereocenters. The fraction of sp³-hybridized carbons (Fsp3) is 0.227. The van der Waals surface area contributed by atoms with Crippen molar-refractivity contribution in [3.63, 3.8) is 0 Å². The number of nitrogens with zero attached hydrogens (tertiary/aromatic N) is 6. The van der Waals surface area contributed by atoms with Gasteiger partial charge in [-0.1, -0.05) is 12.1 Å². The normalized spacial score (nSPS) is 10.9. The van der Waals surface area contributed by atoms with Gasteiger partial charge in [-0.2, -0.15) is 10.1 Å². The monoisotopic (exact) mass is 433 g/mol. The first-order valence-corrected chi connectivity index (χ1v) is 10.00. The minimum absolute atomic E-state index is 0.164. The van der Waals surface area contributed by atoms with Gasteiger partial charge < -0.3 is 15.0 Å². The molecule has 0 aliphatic heterocycles. The first-order chi connectivity index (χ1) is 15.4. The van der Waals surface area contributed by atoms with Crippen molar-refractivity contribution in [1.82, 2.24) is 29.0 Å². The molecule has 0 radical (unpaired) electrons. The Morgan fingerprint density at radius 3 is 2.78 bits per heavy atom. The molecule has 4 aromatic rings. The summed E-state index contributed by atoms with van der Waals surface area (Å²) in [6.07, 6.45) is 5.00. The average Bonchev–Trinajstić information content (AvgIpc) is 3.41. The van der Waals surface area contributed by atoms with Gasteiger partial charge >= 0.3 is 0 Å². The fourth-order valence-electron chi connectivity index (χ4n) is 3.25. The number of hydrogen-bond donors (Lipinski definition) is 1. The van der Waals surface area contributed by atoms with E-state index in [1.54, 1.807) is 37.9 Å². The van der Waals surface area contributed by atoms with E-state index >= 15 is 0 Å². The van der Waals surface area contributed by atoms with Crippen LogP contribution in [0.2, 0.25) is 0 Å². The number of rotatable bonds is 6. The number of methoxy groups -OCH3 is 1. The lowest BCUT2D eigenvalue weighted by Crippen LogP contribution is -2.29. The Bertz CT molecular complexity index is 1310. The van der Waals surface area contributed by atoms with E-state index < -0.39 is 5.91 Å². The summed E-state index contributed by atoms with van der Waals surface area (Å²) >= 11 is 0. The number of ether oxygens (including phenoxy) is 1. The van der Waals surface area contributed by atoms with Crippen LogP contribution in [0.4, 0.5) is 5.82 Å². The number of benzene rings is 1. The molecule has 3 heterocycles. The Labute approximate surface area is 184 Å². The molecule has 10 nitrogen and oxygen atoms in total. The number of amides is 2. The molecule has 0 unspecified atom stereocenters. The van der Waals surface area contributed by atoms with Crippen molar-refractivity contribution in [2.45, 2.75) is 6.92 Å². The Morgan fingerprint density at radius 2 is 2.03 bits per heavy atom. The molecule has 0 saturated heterocycles. The standard InChI is InChI=1S/C22H23N7O3/c1-5-27(2)21(31)16-12-23-28(3)19(16)20(30)25-18-9-10-29-13-17(24-22(29)26-18)14-7-6-8-15(11-14)32-4/h6-13H,5H2,1-4H3,(H,24,25,26,30). The summed E-state index contributed by atoms with van der Waals surface area (Å²) in [7, 11) is 4.90. The first kappa shape index (κ1) is 21.0. The van der Waals surface area contributed by atoms with Crippen LogP contribution >= 0.6 is 0 Å². The summed E-state index contributed by atoms with van der Waals surface area (Å²) < 4.78 is 8.41. The number of imidazole rings is 1. The van der Waals surface area contributed by atoms with Gasteiger partial charge in [0.05, 0.1) is 24.6 Å². The van der Waals surface area contributed by atoms with Crippen LogP contribution < -0.4 is 10.1 Å². The maximum absolute atomic E-state index is 12.9. The van der Waals surface area contributed by atoms with Gasteiger partial charge in [0.2, 0.25) is 5.78 Å². The van der Waals surface area contributed by atoms with Crippen molar-refractivity contribution in [2.24, 2.45) is 7.05 Å². The van der Waals surface area contributed by atoms with Crippen LogP contribution in [0.25, 0.3) is 17.0 Å². The fourth-order valence-corrected chi connectivity index (χ4v) is 3.25. The van der Waals surface area contributed by atoms with Gasteiger partial charge in [0, 0.05) is 38.6 Å². The van der Waals surface area contributed by atoms with Gasteiger partial charge in [-0.05, 0) is 25.1 Å². The highest BCUT2D eigenvalue weighted by atomic mass is 16.5. The van der Waals surface area contributed by atoms with E-state index in [0.29, 0.717) is 18.1 Å². The van der Waals surface area contributed by atoms with Crippen molar-refractivity contribution >= 4 is 23.4 Å². The summed E-state index contributed by atoms with van der Waals surface area (Å²) in [4.78, 5) is 36.0. The van der Waals surface area contributed by atoms with Gasteiger partial charge in [-0.15, -0.1) is 0 Å². The molecular weight excluding hydrogens is 410 g/mol. The van der Waals surface area contributed by atoms with Crippen molar-refractivity contribution in [1.29, 1.82) is 0 Å². The number of aromatic nitrogens is 5. The van der Waals surface area contributed by atoms with Gasteiger partial charge in [-0.25, -0.2) is 4.98 Å². The Kier molecular flexibility index (Phi) is 5.59. The van der Waals surface area contributed by atoms with E-state index in [9.17, 15) is 9.59 Å². The lowest BCUT2D eigenvalue weighted by atomic mass is 10.1. The highest BCUT2D eigenvalue weighted by Crippen LogP contribution is 2.23. The van der Waals surface area contributed by atoms with Crippen molar-refractivity contribution < 1.29 is 14.3 Å². The second-order valence-electron chi connectivity index (χ2n) is 7.18. The molecule has 32 heavy (non-hydrogen) atoms. The zero-order valence-corrected chi connectivity index (χ0v) is 18.2. The van der Waals surface area contributed by atoms with Crippen molar-refractivity contribution in [2.75, 3.05) is 26.0 Å². The Hall–Kier alpha value is -4.21. The predicted octanol–water partition coefficient (Wildman–Crippen LogP) is 2.48. The molecule has 0 fully saturated rings. The lowest BCUT2D eigenvalue weighted by molar-refractivity contribution is 0.0796. The average molecular weight is 433 g/mol. The van der Waals surface area contributed by atoms with Crippen molar-refractivity contribution in [3.8, 4) is 17.0 Å². The Balaban J connectivity index is 1.61. The van der Waals surface area contributed by atoms with Gasteiger partial charge in [0.15, 0.2) is 0 Å². The third kappa shape index (κ3) is 3.89. The summed E-state index contributed by atoms with van der Waals surface area (Å²) in [5.74, 6) is 0.719. The van der Waals surface area contributed by atoms with E-state index in [-0.39, 0.29) is 17.2 Å². The lowest BCUT2D eigenvalue weighted by Gasteiger charge is -2.14. The van der Waals surface area contributed by atoms with E-state index in [2.05, 4.69) is 20.4 Å². The molecule has 164 valence electrons. The summed E-state index contributed by atoms with van der Waals surface area (Å²) in [5.41, 5.74) is 2.01. The van der Waals surface area contributed by atoms with E-state index in [1.807, 2.05) is 37.4 Å². The Morgan fingerprint density at radius 1 is 1.22 bits per heavy atom. The number of anilines is 1. The first-order valence-electron chi connectivity index (χ1n) is 10.00. The minimum Gasteiger partial charge on any atom is -0.497 e. The maximum atomic E-state index is 12.9. The van der Waals surface area contributed by atoms with E-state index in [4.69, 9.17) is 4.74 Å². The van der Waals surface area contributed by atoms with E-state index in [1.165, 1.54) is 15.8 Å². The summed E-state index contributed by atoms with van der Waals surface area (Å²) in [5, 5.41) is 6.82. The second kappa shape index (κ2) is 8.50. The van der Waals surface area contributed by atoms with Crippen molar-refractivity contribution in [3.05, 3.63) is 60.2 Å². The van der Waals surface area contributed by atoms with Crippen LogP contribution in [0.1, 0.15) is 27.8 Å². The number of carbonyl (C=O) groups excluding carboxylic acids is 2. The SMILES string of the molecule is CCN(C)C(=O)c1cnn(C)c1C(=O)Nc1ccn2cc(-c3cccc(OC)c3)nc2n1. The number of nitrogens with one attached hydrogen (secondary N) is 1. The quantitative estimate of drug-likeness (QED) is 0.501. The van der Waals surface area contributed by atoms with Crippen LogP contribution in [0.5, 0.6) is 5.75 Å². The number of aryl methyl sites for hydroxylation is 1. The molecule has 10 heteroatoms. The third-order valence-corrected chi connectivity index (χ3v) is 5.14. The number of carbonyl (C=O) groups is 2. The third-order valence-electron chi connectivity index (χ3n) is 5.14. The number of fused-ring (bicyclic) bond motifs is 1. The maximum Gasteiger partial charge on any atom is 0.275 e. The van der Waals surface area contributed by atoms with Gasteiger partial charge in [0.25, 0.3) is 11.8 Å². The number of hydrogen-bond acceptors (Lipinski definition) is 6.